The Morgan fingerprint density at radius 3 is 1.52 bits per heavy atom. The van der Waals surface area contributed by atoms with Crippen LogP contribution in [0, 0.1) is 0 Å². The Morgan fingerprint density at radius 2 is 0.762 bits per heavy atom. The Labute approximate surface area is 469 Å². The summed E-state index contributed by atoms with van der Waals surface area (Å²) in [5.41, 5.74) is 16.7. The van der Waals surface area contributed by atoms with E-state index in [1.165, 1.54) is 113 Å². The van der Waals surface area contributed by atoms with Crippen molar-refractivity contribution in [2.24, 2.45) is 0 Å². The average Bonchev–Trinajstić information content (AvgIpc) is 4.07. The number of fused-ring (bicyclic) bond motifs is 14. The van der Waals surface area contributed by atoms with Crippen LogP contribution in [-0.4, -0.2) is 0 Å². The summed E-state index contributed by atoms with van der Waals surface area (Å²) in [5, 5.41) is 15.0. The lowest BCUT2D eigenvalue weighted by Gasteiger charge is -2.30. The molecule has 0 amide bonds. The second-order valence-electron chi connectivity index (χ2n) is 21.9. The van der Waals surface area contributed by atoms with Crippen LogP contribution in [-0.2, 0) is 5.41 Å². The Hall–Kier alpha value is -9.80. The summed E-state index contributed by atoms with van der Waals surface area (Å²) >= 11 is 1.90. The summed E-state index contributed by atoms with van der Waals surface area (Å²) in [6.07, 6.45) is 0. The fourth-order valence-electron chi connectivity index (χ4n) is 13.4. The van der Waals surface area contributed by atoms with Crippen LogP contribution < -0.4 is 9.80 Å². The minimum absolute atomic E-state index is 0.267. The van der Waals surface area contributed by atoms with Gasteiger partial charge in [0.2, 0.25) is 0 Å². The molecule has 0 saturated carbocycles. The number of benzene rings is 14. The smallest absolute Gasteiger partial charge is 0.0540 e. The van der Waals surface area contributed by atoms with Crippen molar-refractivity contribution in [3.05, 3.63) is 290 Å². The fraction of sp³-hybridized carbons (Fsp3) is 0.0390. The number of nitrogens with zero attached hydrogens (tertiary/aromatic N) is 2. The predicted molar refractivity (Wildman–Crippen MR) is 345 cm³/mol. The average molecular weight is 1040 g/mol. The van der Waals surface area contributed by atoms with E-state index in [0.717, 1.165) is 39.7 Å². The van der Waals surface area contributed by atoms with Crippen molar-refractivity contribution in [3.63, 3.8) is 0 Å². The molecule has 3 heteroatoms. The second-order valence-corrected chi connectivity index (χ2v) is 23.0. The van der Waals surface area contributed by atoms with Gasteiger partial charge in [0.25, 0.3) is 0 Å². The summed E-state index contributed by atoms with van der Waals surface area (Å²) < 4.78 is 2.67. The number of anilines is 6. The molecular weight excluding hydrogens is 985 g/mol. The van der Waals surface area contributed by atoms with Crippen LogP contribution in [0.5, 0.6) is 0 Å². The van der Waals surface area contributed by atoms with Gasteiger partial charge in [-0.2, -0.15) is 0 Å². The first-order chi connectivity index (χ1) is 39.4. The van der Waals surface area contributed by atoms with Gasteiger partial charge in [-0.15, -0.1) is 11.3 Å². The first-order valence-electron chi connectivity index (χ1n) is 27.7. The van der Waals surface area contributed by atoms with E-state index in [9.17, 15) is 0 Å². The number of para-hydroxylation sites is 1. The van der Waals surface area contributed by atoms with Crippen LogP contribution in [0.25, 0.3) is 107 Å². The number of hydrogen-bond donors (Lipinski definition) is 0. The van der Waals surface area contributed by atoms with Crippen LogP contribution >= 0.6 is 11.3 Å². The van der Waals surface area contributed by atoms with Crippen molar-refractivity contribution in [2.75, 3.05) is 9.80 Å². The molecule has 0 aliphatic heterocycles. The molecule has 376 valence electrons. The molecule has 0 saturated heterocycles. The third-order valence-electron chi connectivity index (χ3n) is 17.2. The Morgan fingerprint density at radius 1 is 0.275 bits per heavy atom. The van der Waals surface area contributed by atoms with E-state index in [0.29, 0.717) is 0 Å². The SMILES string of the molecule is CC1(C)c2cc(-c3cccc4c3sc3ccccc34)ccc2-c2ccc(N(c3ccc4c5ccccc5c5ccccc5c4c3)c3ccc(-c4ccc(N(c5ccccc5)c5cccc6ccccc56)cc4)c4ccccc34)cc21. The van der Waals surface area contributed by atoms with E-state index in [1.807, 2.05) is 11.3 Å². The number of thiophene rings is 1. The largest absolute Gasteiger partial charge is 0.310 e. The highest BCUT2D eigenvalue weighted by Crippen LogP contribution is 2.54. The van der Waals surface area contributed by atoms with E-state index in [1.54, 1.807) is 0 Å². The molecule has 0 atom stereocenters. The summed E-state index contributed by atoms with van der Waals surface area (Å²) in [7, 11) is 0. The Bertz CT molecular complexity index is 4950. The first kappa shape index (κ1) is 46.3. The van der Waals surface area contributed by atoms with Crippen LogP contribution in [0.3, 0.4) is 0 Å². The predicted octanol–water partition coefficient (Wildman–Crippen LogP) is 22.4. The molecule has 0 N–H and O–H groups in total. The van der Waals surface area contributed by atoms with E-state index >= 15 is 0 Å². The number of rotatable bonds is 8. The monoisotopic (exact) mass is 1040 g/mol. The molecule has 1 aliphatic rings. The molecule has 0 fully saturated rings. The highest BCUT2D eigenvalue weighted by atomic mass is 32.1. The summed E-state index contributed by atoms with van der Waals surface area (Å²) in [5.74, 6) is 0. The van der Waals surface area contributed by atoms with Crippen LogP contribution in [0.4, 0.5) is 34.1 Å². The molecular formula is C77H52N2S. The van der Waals surface area contributed by atoms with Crippen LogP contribution in [0.2, 0.25) is 0 Å². The lowest BCUT2D eigenvalue weighted by Crippen LogP contribution is -2.17. The van der Waals surface area contributed by atoms with E-state index in [4.69, 9.17) is 0 Å². The van der Waals surface area contributed by atoms with E-state index < -0.39 is 0 Å². The molecule has 0 radical (unpaired) electrons. The van der Waals surface area contributed by atoms with Crippen LogP contribution in [0.15, 0.2) is 279 Å². The molecule has 80 heavy (non-hydrogen) atoms. The quantitative estimate of drug-likeness (QED) is 0.140. The zero-order valence-corrected chi connectivity index (χ0v) is 45.2. The molecule has 0 spiro atoms. The lowest BCUT2D eigenvalue weighted by atomic mass is 9.81. The molecule has 0 unspecified atom stereocenters. The van der Waals surface area contributed by atoms with Crippen molar-refractivity contribution in [2.45, 2.75) is 19.3 Å². The Balaban J connectivity index is 0.849. The van der Waals surface area contributed by atoms with Crippen LogP contribution in [0.1, 0.15) is 25.0 Å². The van der Waals surface area contributed by atoms with Crippen molar-refractivity contribution >= 4 is 119 Å². The van der Waals surface area contributed by atoms with E-state index in [2.05, 4.69) is 303 Å². The van der Waals surface area contributed by atoms with Gasteiger partial charge in [0.1, 0.15) is 0 Å². The van der Waals surface area contributed by atoms with Gasteiger partial charge in [-0.05, 0) is 160 Å². The van der Waals surface area contributed by atoms with E-state index in [-0.39, 0.29) is 5.41 Å². The van der Waals surface area contributed by atoms with Crippen molar-refractivity contribution in [3.8, 4) is 33.4 Å². The molecule has 1 aromatic heterocycles. The molecule has 2 nitrogen and oxygen atoms in total. The summed E-state index contributed by atoms with van der Waals surface area (Å²) in [6, 6.07) is 104. The van der Waals surface area contributed by atoms with Gasteiger partial charge in [-0.1, -0.05) is 220 Å². The lowest BCUT2D eigenvalue weighted by molar-refractivity contribution is 0.660. The summed E-state index contributed by atoms with van der Waals surface area (Å²) in [4.78, 5) is 4.90. The zero-order valence-electron chi connectivity index (χ0n) is 44.4. The third-order valence-corrected chi connectivity index (χ3v) is 18.4. The summed E-state index contributed by atoms with van der Waals surface area (Å²) in [6.45, 7) is 4.83. The Kier molecular flexibility index (Phi) is 10.5. The minimum atomic E-state index is -0.267. The standard InChI is InChI=1S/C77H52N2S/c1-77(2)71-46-51(58-30-17-31-69-68-29-14-15-33-75(68)80-76(58)69)36-41-65(71)66-43-40-55(48-72(66)77)79(54-39-42-64-62-26-9-8-24-60(62)61-25-10-11-27-63(61)70(64)47-54)74-45-44-56(59-23-12-13-28-67(59)74)50-34-37-53(38-35-50)78(52-20-4-3-5-21-52)73-32-16-19-49-18-6-7-22-57(49)73/h3-48H,1-2H3. The minimum Gasteiger partial charge on any atom is -0.310 e. The first-order valence-corrected chi connectivity index (χ1v) is 28.5. The second kappa shape index (κ2) is 18.1. The van der Waals surface area contributed by atoms with Gasteiger partial charge < -0.3 is 9.80 Å². The van der Waals surface area contributed by atoms with Gasteiger partial charge in [-0.25, -0.2) is 0 Å². The van der Waals surface area contributed by atoms with Gasteiger partial charge in [0, 0.05) is 59.1 Å². The topological polar surface area (TPSA) is 6.48 Å². The molecule has 0 bridgehead atoms. The van der Waals surface area contributed by atoms with Gasteiger partial charge in [0.15, 0.2) is 0 Å². The molecule has 1 heterocycles. The van der Waals surface area contributed by atoms with Crippen molar-refractivity contribution in [1.82, 2.24) is 0 Å². The maximum absolute atomic E-state index is 2.52. The molecule has 15 aromatic rings. The maximum atomic E-state index is 2.52. The van der Waals surface area contributed by atoms with Gasteiger partial charge >= 0.3 is 0 Å². The van der Waals surface area contributed by atoms with Gasteiger partial charge in [0.05, 0.1) is 11.4 Å². The maximum Gasteiger partial charge on any atom is 0.0540 e. The molecule has 14 aromatic carbocycles. The highest BCUT2D eigenvalue weighted by molar-refractivity contribution is 7.26. The van der Waals surface area contributed by atoms with Crippen molar-refractivity contribution in [1.29, 1.82) is 0 Å². The molecule has 16 rings (SSSR count). The zero-order chi connectivity index (χ0) is 53.1. The highest BCUT2D eigenvalue weighted by Gasteiger charge is 2.37. The third kappa shape index (κ3) is 7.17. The fourth-order valence-corrected chi connectivity index (χ4v) is 14.6. The van der Waals surface area contributed by atoms with Gasteiger partial charge in [-0.3, -0.25) is 0 Å². The normalized spacial score (nSPS) is 12.7. The molecule has 1 aliphatic carbocycles. The number of hydrogen-bond acceptors (Lipinski definition) is 3. The van der Waals surface area contributed by atoms with Crippen molar-refractivity contribution < 1.29 is 0 Å².